The quantitative estimate of drug-likeness (QED) is 0.136. The number of halogens is 1. The largest absolute Gasteiger partial charge is 0.478 e. The summed E-state index contributed by atoms with van der Waals surface area (Å²) >= 11 is 2.18. The van der Waals surface area contributed by atoms with E-state index in [-0.39, 0.29) is 46.9 Å². The minimum Gasteiger partial charge on any atom is -0.478 e. The molecule has 17 heteroatoms. The Morgan fingerprint density at radius 3 is 2.53 bits per heavy atom. The molecule has 0 unspecified atom stereocenters. The number of rotatable bonds is 9. The number of carboxylic acids is 2. The molecule has 5 N–H and O–H groups in total. The van der Waals surface area contributed by atoms with Gasteiger partial charge in [0.1, 0.15) is 29.4 Å². The first-order valence-electron chi connectivity index (χ1n) is 9.88. The summed E-state index contributed by atoms with van der Waals surface area (Å²) < 4.78 is 4.88. The number of aliphatic carboxylic acids is 2. The minimum atomic E-state index is -1.77. The Labute approximate surface area is 218 Å². The van der Waals surface area contributed by atoms with Crippen molar-refractivity contribution in [3.05, 3.63) is 22.3 Å². The number of hydrogen-bond donors (Lipinski definition) is 4. The summed E-state index contributed by atoms with van der Waals surface area (Å²) in [6.45, 7) is 3.35. The third-order valence-electron chi connectivity index (χ3n) is 4.85. The lowest BCUT2D eigenvalue weighted by Crippen LogP contribution is -2.71. The molecule has 0 aromatic carbocycles. The molecule has 36 heavy (non-hydrogen) atoms. The van der Waals surface area contributed by atoms with Crippen LogP contribution in [-0.4, -0.2) is 84.9 Å². The SMILES string of the molecule is CC(=O)OCC1=C(C(=O)O)N2C(=O)[C@@H](NC(=O)/C(=N\OC(C)(C)C(=O)O)c3csc(N)n3)[C@H]2SC1.Cl. The molecule has 196 valence electrons. The van der Waals surface area contributed by atoms with Crippen molar-refractivity contribution in [3.8, 4) is 0 Å². The summed E-state index contributed by atoms with van der Waals surface area (Å²) in [5, 5.41) is 25.8. The normalized spacial score (nSPS) is 19.5. The van der Waals surface area contributed by atoms with Crippen molar-refractivity contribution >= 4 is 76.1 Å². The first-order chi connectivity index (χ1) is 16.3. The third kappa shape index (κ3) is 5.88. The predicted molar refractivity (Wildman–Crippen MR) is 129 cm³/mol. The number of thiazole rings is 1. The highest BCUT2D eigenvalue weighted by molar-refractivity contribution is 8.00. The number of nitrogens with two attached hydrogens (primary N) is 1. The summed E-state index contributed by atoms with van der Waals surface area (Å²) in [7, 11) is 0. The van der Waals surface area contributed by atoms with Crippen molar-refractivity contribution in [1.82, 2.24) is 15.2 Å². The average molecular weight is 564 g/mol. The number of amides is 2. The number of nitrogens with one attached hydrogen (secondary N) is 1. The molecular formula is C19H22ClN5O9S2. The fourth-order valence-corrected chi connectivity index (χ4v) is 4.87. The van der Waals surface area contributed by atoms with Crippen LogP contribution in [-0.2, 0) is 33.5 Å². The van der Waals surface area contributed by atoms with Gasteiger partial charge in [0.05, 0.1) is 0 Å². The van der Waals surface area contributed by atoms with E-state index in [0.717, 1.165) is 16.2 Å². The Morgan fingerprint density at radius 1 is 1.33 bits per heavy atom. The maximum absolute atomic E-state index is 13.0. The van der Waals surface area contributed by atoms with Gasteiger partial charge in [-0.05, 0) is 13.8 Å². The molecule has 3 rings (SSSR count). The molecule has 2 atom stereocenters. The predicted octanol–water partition coefficient (Wildman–Crippen LogP) is 0.0327. The van der Waals surface area contributed by atoms with E-state index in [1.165, 1.54) is 37.9 Å². The van der Waals surface area contributed by atoms with Crippen LogP contribution >= 0.6 is 35.5 Å². The lowest BCUT2D eigenvalue weighted by atomic mass is 10.0. The van der Waals surface area contributed by atoms with Crippen molar-refractivity contribution in [1.29, 1.82) is 0 Å². The van der Waals surface area contributed by atoms with E-state index < -0.39 is 52.5 Å². The van der Waals surface area contributed by atoms with Crippen molar-refractivity contribution in [2.45, 2.75) is 37.8 Å². The first-order valence-corrected chi connectivity index (χ1v) is 11.8. The molecule has 2 amide bonds. The number of nitrogens with zero attached hydrogens (tertiary/aromatic N) is 3. The number of β-lactam (4-membered cyclic amide) rings is 1. The van der Waals surface area contributed by atoms with Crippen molar-refractivity contribution in [2.24, 2.45) is 5.16 Å². The summed E-state index contributed by atoms with van der Waals surface area (Å²) in [6, 6.07) is -1.11. The number of fused-ring (bicyclic) bond motifs is 1. The maximum atomic E-state index is 13.0. The molecule has 1 aromatic heterocycles. The van der Waals surface area contributed by atoms with Gasteiger partial charge in [0.25, 0.3) is 11.8 Å². The highest BCUT2D eigenvalue weighted by Gasteiger charge is 2.54. The number of hydrogen-bond acceptors (Lipinski definition) is 12. The highest BCUT2D eigenvalue weighted by atomic mass is 35.5. The second-order valence-corrected chi connectivity index (χ2v) is 9.81. The van der Waals surface area contributed by atoms with Gasteiger partial charge in [0.15, 0.2) is 10.8 Å². The number of anilines is 1. The number of ether oxygens (including phenoxy) is 1. The topological polar surface area (TPSA) is 211 Å². The van der Waals surface area contributed by atoms with Gasteiger partial charge < -0.3 is 30.8 Å². The Kier molecular flexibility index (Phi) is 8.93. The van der Waals surface area contributed by atoms with Crippen LogP contribution in [0.15, 0.2) is 21.8 Å². The number of thioether (sulfide) groups is 1. The minimum absolute atomic E-state index is 0. The van der Waals surface area contributed by atoms with Gasteiger partial charge in [-0.1, -0.05) is 5.16 Å². The van der Waals surface area contributed by atoms with Gasteiger partial charge in [-0.3, -0.25) is 19.3 Å². The van der Waals surface area contributed by atoms with Gasteiger partial charge >= 0.3 is 17.9 Å². The number of nitrogen functional groups attached to an aromatic ring is 1. The Bertz CT molecular complexity index is 1170. The summed E-state index contributed by atoms with van der Waals surface area (Å²) in [5.41, 5.74) is 3.38. The second kappa shape index (κ2) is 11.1. The molecule has 0 aliphatic carbocycles. The standard InChI is InChI=1S/C19H21N5O9S2.ClH/c1-7(25)32-4-8-5-34-15-11(14(27)24(15)12(8)16(28)29)22-13(26)10(9-6-35-18(20)21-9)23-33-19(2,3)17(30)31;/h6,11,15H,4-5H2,1-3H3,(H2,20,21)(H,22,26)(H,28,29)(H,30,31);1H/b23-10-;/t11-,15-;/m1./s1. The lowest BCUT2D eigenvalue weighted by molar-refractivity contribution is -0.161. The zero-order valence-corrected chi connectivity index (χ0v) is 21.5. The van der Waals surface area contributed by atoms with E-state index in [1.807, 2.05) is 0 Å². The van der Waals surface area contributed by atoms with Gasteiger partial charge in [0.2, 0.25) is 5.60 Å². The van der Waals surface area contributed by atoms with E-state index in [4.69, 9.17) is 15.3 Å². The monoisotopic (exact) mass is 563 g/mol. The first kappa shape index (κ1) is 28.9. The number of aromatic nitrogens is 1. The van der Waals surface area contributed by atoms with Crippen LogP contribution in [0.1, 0.15) is 26.5 Å². The molecule has 2 aliphatic heterocycles. The summed E-state index contributed by atoms with van der Waals surface area (Å²) in [4.78, 5) is 70.1. The van der Waals surface area contributed by atoms with Crippen LogP contribution in [0.2, 0.25) is 0 Å². The van der Waals surface area contributed by atoms with Crippen molar-refractivity contribution in [2.75, 3.05) is 18.1 Å². The molecule has 2 aliphatic rings. The average Bonchev–Trinajstić information content (AvgIpc) is 3.20. The molecule has 14 nitrogen and oxygen atoms in total. The van der Waals surface area contributed by atoms with Crippen LogP contribution in [0.5, 0.6) is 0 Å². The maximum Gasteiger partial charge on any atom is 0.352 e. The third-order valence-corrected chi connectivity index (χ3v) is 6.86. The van der Waals surface area contributed by atoms with Crippen molar-refractivity contribution < 1.29 is 43.8 Å². The number of carbonyl (C=O) groups is 5. The zero-order chi connectivity index (χ0) is 26.1. The molecule has 1 saturated heterocycles. The van der Waals surface area contributed by atoms with Gasteiger partial charge in [-0.25, -0.2) is 14.6 Å². The summed E-state index contributed by atoms with van der Waals surface area (Å²) in [5.74, 6) is -4.76. The second-order valence-electron chi connectivity index (χ2n) is 7.82. The number of carbonyl (C=O) groups excluding carboxylic acids is 3. The Hall–Kier alpha value is -3.37. The zero-order valence-electron chi connectivity index (χ0n) is 19.0. The van der Waals surface area contributed by atoms with E-state index in [2.05, 4.69) is 15.5 Å². The molecule has 1 fully saturated rings. The van der Waals surface area contributed by atoms with Gasteiger partial charge in [0, 0.05) is 23.6 Å². The number of carboxylic acid groups (broad SMARTS) is 2. The molecule has 0 bridgehead atoms. The Morgan fingerprint density at radius 2 is 2.00 bits per heavy atom. The van der Waals surface area contributed by atoms with Gasteiger partial charge in [-0.15, -0.1) is 35.5 Å². The Balaban J connectivity index is 0.00000456. The van der Waals surface area contributed by atoms with Crippen LogP contribution in [0.3, 0.4) is 0 Å². The van der Waals surface area contributed by atoms with Crippen LogP contribution in [0.4, 0.5) is 5.13 Å². The number of esters is 1. The highest BCUT2D eigenvalue weighted by Crippen LogP contribution is 2.40. The molecule has 3 heterocycles. The molecule has 1 aromatic rings. The lowest BCUT2D eigenvalue weighted by Gasteiger charge is -2.49. The molecular weight excluding hydrogens is 542 g/mol. The summed E-state index contributed by atoms with van der Waals surface area (Å²) in [6.07, 6.45) is 0. The molecule has 0 radical (unpaired) electrons. The van der Waals surface area contributed by atoms with Crippen LogP contribution < -0.4 is 11.1 Å². The van der Waals surface area contributed by atoms with E-state index >= 15 is 0 Å². The van der Waals surface area contributed by atoms with E-state index in [1.54, 1.807) is 0 Å². The van der Waals surface area contributed by atoms with Gasteiger partial charge in [-0.2, -0.15) is 0 Å². The van der Waals surface area contributed by atoms with E-state index in [0.29, 0.717) is 0 Å². The molecule has 0 saturated carbocycles. The van der Waals surface area contributed by atoms with Crippen LogP contribution in [0, 0.1) is 0 Å². The fraction of sp³-hybridized carbons (Fsp3) is 0.421. The molecule has 0 spiro atoms. The number of oxime groups is 1. The van der Waals surface area contributed by atoms with Crippen molar-refractivity contribution in [3.63, 3.8) is 0 Å². The fourth-order valence-electron chi connectivity index (χ4n) is 2.99. The van der Waals surface area contributed by atoms with Crippen LogP contribution in [0.25, 0.3) is 0 Å². The van der Waals surface area contributed by atoms with E-state index in [9.17, 15) is 34.2 Å². The smallest absolute Gasteiger partial charge is 0.352 e.